The minimum Gasteiger partial charge on any atom is -0.390 e. The average Bonchev–Trinajstić information content (AvgIpc) is 2.62. The van der Waals surface area contributed by atoms with E-state index in [1.807, 2.05) is 30.3 Å². The molecule has 1 aliphatic carbocycles. The molecule has 0 spiro atoms. The first-order chi connectivity index (χ1) is 16.2. The zero-order valence-corrected chi connectivity index (χ0v) is 25.0. The van der Waals surface area contributed by atoms with Crippen LogP contribution in [-0.2, 0) is 6.42 Å². The number of hydrogen-bond acceptors (Lipinski definition) is 6. The molecule has 212 valence electrons. The van der Waals surface area contributed by atoms with Gasteiger partial charge in [-0.2, -0.15) is 0 Å². The van der Waals surface area contributed by atoms with Crippen LogP contribution in [0.25, 0.3) is 0 Å². The molecule has 1 aliphatic rings. The first-order valence-electron chi connectivity index (χ1n) is 13.2. The van der Waals surface area contributed by atoms with E-state index in [0.29, 0.717) is 0 Å². The Morgan fingerprint density at radius 3 is 1.30 bits per heavy atom. The molecule has 0 aliphatic heterocycles. The molecule has 1 aromatic carbocycles. The lowest BCUT2D eigenvalue weighted by atomic mass is 9.26. The zero-order valence-electron chi connectivity index (χ0n) is 25.0. The van der Waals surface area contributed by atoms with E-state index in [0.717, 1.165) is 5.56 Å². The van der Waals surface area contributed by atoms with Crippen molar-refractivity contribution in [2.75, 3.05) is 0 Å². The van der Waals surface area contributed by atoms with E-state index in [1.54, 1.807) is 95.2 Å². The maximum Gasteiger partial charge on any atom is 0.0693 e. The standard InChI is InChI=1S/C31H52O6/c1-23(2,32)22-18-19-29(24(3,4)33,20-21-16-14-13-15-17-21)31(27(9,10)36,28(11,12)37)30(22,25(5,6)34)26(7,8)35/h13-19,22,32-37H,20H2,1-12H3. The van der Waals surface area contributed by atoms with Gasteiger partial charge in [0, 0.05) is 16.7 Å². The normalized spacial score (nSPS) is 25.3. The Morgan fingerprint density at radius 2 is 1.00 bits per heavy atom. The Kier molecular flexibility index (Phi) is 7.65. The van der Waals surface area contributed by atoms with Crippen LogP contribution in [0.3, 0.4) is 0 Å². The summed E-state index contributed by atoms with van der Waals surface area (Å²) in [6.45, 7) is 18.9. The molecule has 6 nitrogen and oxygen atoms in total. The highest BCUT2D eigenvalue weighted by Crippen LogP contribution is 2.78. The van der Waals surface area contributed by atoms with Crippen molar-refractivity contribution in [3.8, 4) is 0 Å². The van der Waals surface area contributed by atoms with E-state index in [9.17, 15) is 30.6 Å². The van der Waals surface area contributed by atoms with Crippen LogP contribution in [0.4, 0.5) is 0 Å². The van der Waals surface area contributed by atoms with Crippen molar-refractivity contribution in [3.05, 3.63) is 48.0 Å². The van der Waals surface area contributed by atoms with Gasteiger partial charge < -0.3 is 30.6 Å². The Morgan fingerprint density at radius 1 is 0.595 bits per heavy atom. The third kappa shape index (κ3) is 4.32. The molecular formula is C31H52O6. The minimum atomic E-state index is -1.87. The van der Waals surface area contributed by atoms with Gasteiger partial charge in [0.2, 0.25) is 0 Å². The van der Waals surface area contributed by atoms with Crippen molar-refractivity contribution in [1.29, 1.82) is 0 Å². The largest absolute Gasteiger partial charge is 0.390 e. The first kappa shape index (κ1) is 31.9. The third-order valence-corrected chi connectivity index (χ3v) is 9.24. The predicted molar refractivity (Wildman–Crippen MR) is 148 cm³/mol. The van der Waals surface area contributed by atoms with Crippen molar-refractivity contribution < 1.29 is 30.6 Å². The smallest absolute Gasteiger partial charge is 0.0693 e. The van der Waals surface area contributed by atoms with Crippen molar-refractivity contribution >= 4 is 0 Å². The summed E-state index contributed by atoms with van der Waals surface area (Å²) < 4.78 is 0. The van der Waals surface area contributed by atoms with Gasteiger partial charge in [0.25, 0.3) is 0 Å². The number of aliphatic hydroxyl groups is 6. The van der Waals surface area contributed by atoms with Crippen LogP contribution in [0, 0.1) is 22.2 Å². The SMILES string of the molecule is CC(C)(O)C1C=CC(Cc2ccccc2)(C(C)(C)O)C(C(C)(C)O)(C(C)(C)O)C1(C(C)(C)O)C(C)(C)O. The highest BCUT2D eigenvalue weighted by atomic mass is 16.3. The van der Waals surface area contributed by atoms with Gasteiger partial charge in [-0.3, -0.25) is 0 Å². The van der Waals surface area contributed by atoms with Crippen LogP contribution in [0.15, 0.2) is 42.5 Å². The monoisotopic (exact) mass is 520 g/mol. The van der Waals surface area contributed by atoms with E-state index in [-0.39, 0.29) is 6.42 Å². The first-order valence-corrected chi connectivity index (χ1v) is 13.2. The molecule has 0 saturated carbocycles. The van der Waals surface area contributed by atoms with E-state index in [4.69, 9.17) is 0 Å². The van der Waals surface area contributed by atoms with Gasteiger partial charge >= 0.3 is 0 Å². The topological polar surface area (TPSA) is 121 Å². The Balaban J connectivity index is 3.49. The highest BCUT2D eigenvalue weighted by molar-refractivity contribution is 5.41. The van der Waals surface area contributed by atoms with E-state index in [2.05, 4.69) is 0 Å². The summed E-state index contributed by atoms with van der Waals surface area (Å²) >= 11 is 0. The molecule has 0 radical (unpaired) electrons. The van der Waals surface area contributed by atoms with Crippen molar-refractivity contribution in [2.45, 2.75) is 123 Å². The van der Waals surface area contributed by atoms with E-state index < -0.39 is 55.8 Å². The van der Waals surface area contributed by atoms with Crippen molar-refractivity contribution in [1.82, 2.24) is 0 Å². The quantitative estimate of drug-likeness (QED) is 0.288. The average molecular weight is 521 g/mol. The third-order valence-electron chi connectivity index (χ3n) is 9.24. The zero-order chi connectivity index (χ0) is 29.3. The summed E-state index contributed by atoms with van der Waals surface area (Å²) in [6.07, 6.45) is 3.73. The lowest BCUT2D eigenvalue weighted by molar-refractivity contribution is -0.395. The summed E-state index contributed by atoms with van der Waals surface area (Å²) in [7, 11) is 0. The fourth-order valence-electron chi connectivity index (χ4n) is 9.10. The summed E-state index contributed by atoms with van der Waals surface area (Å²) in [4.78, 5) is 0. The van der Waals surface area contributed by atoms with Crippen LogP contribution in [-0.4, -0.2) is 64.2 Å². The molecule has 6 heteroatoms. The molecule has 37 heavy (non-hydrogen) atoms. The van der Waals surface area contributed by atoms with Gasteiger partial charge in [0.1, 0.15) is 0 Å². The highest BCUT2D eigenvalue weighted by Gasteiger charge is 2.85. The molecule has 2 rings (SSSR count). The molecule has 0 heterocycles. The minimum absolute atomic E-state index is 0.175. The summed E-state index contributed by atoms with van der Waals surface area (Å²) in [5, 5.41) is 73.2. The predicted octanol–water partition coefficient (Wildman–Crippen LogP) is 4.00. The van der Waals surface area contributed by atoms with Gasteiger partial charge in [-0.25, -0.2) is 0 Å². The lowest BCUT2D eigenvalue weighted by Gasteiger charge is -2.79. The molecule has 0 aromatic heterocycles. The Labute approximate surface area is 224 Å². The van der Waals surface area contributed by atoms with Crippen molar-refractivity contribution in [3.63, 3.8) is 0 Å². The lowest BCUT2D eigenvalue weighted by Crippen LogP contribution is -2.87. The van der Waals surface area contributed by atoms with Crippen LogP contribution >= 0.6 is 0 Å². The van der Waals surface area contributed by atoms with E-state index >= 15 is 0 Å². The Bertz CT molecular complexity index is 941. The maximum absolute atomic E-state index is 12.4. The van der Waals surface area contributed by atoms with Gasteiger partial charge in [-0.15, -0.1) is 0 Å². The Hall–Kier alpha value is -1.28. The second-order valence-corrected chi connectivity index (χ2v) is 14.5. The van der Waals surface area contributed by atoms with Crippen molar-refractivity contribution in [2.24, 2.45) is 22.2 Å². The molecule has 2 atom stereocenters. The molecule has 0 saturated heterocycles. The van der Waals surface area contributed by atoms with Crippen LogP contribution < -0.4 is 0 Å². The molecule has 6 N–H and O–H groups in total. The van der Waals surface area contributed by atoms with Crippen LogP contribution in [0.1, 0.15) is 88.6 Å². The molecule has 2 unspecified atom stereocenters. The molecule has 0 amide bonds. The summed E-state index contributed by atoms with van der Waals surface area (Å²) in [5.74, 6) is -0.955. The second kappa shape index (κ2) is 8.87. The molecule has 0 fully saturated rings. The van der Waals surface area contributed by atoms with Gasteiger partial charge in [0.15, 0.2) is 0 Å². The van der Waals surface area contributed by atoms with Crippen LogP contribution in [0.2, 0.25) is 0 Å². The molecular weight excluding hydrogens is 468 g/mol. The van der Waals surface area contributed by atoms with Gasteiger partial charge in [0.05, 0.1) is 39.0 Å². The fraction of sp³-hybridized carbons (Fsp3) is 0.742. The second-order valence-electron chi connectivity index (χ2n) is 14.5. The summed E-state index contributed by atoms with van der Waals surface area (Å²) in [6, 6.07) is 9.49. The molecule has 0 bridgehead atoms. The number of benzene rings is 1. The number of hydrogen-bond donors (Lipinski definition) is 6. The molecule has 1 aromatic rings. The van der Waals surface area contributed by atoms with Crippen LogP contribution in [0.5, 0.6) is 0 Å². The number of rotatable bonds is 8. The fourth-order valence-corrected chi connectivity index (χ4v) is 9.10. The van der Waals surface area contributed by atoms with Gasteiger partial charge in [-0.05, 0) is 95.1 Å². The van der Waals surface area contributed by atoms with E-state index in [1.165, 1.54) is 0 Å². The maximum atomic E-state index is 12.4. The summed E-state index contributed by atoms with van der Waals surface area (Å²) in [5.41, 5.74) is -14.7. The van der Waals surface area contributed by atoms with Gasteiger partial charge in [-0.1, -0.05) is 42.5 Å².